The molecule has 0 saturated carbocycles. The van der Waals surface area contributed by atoms with E-state index in [1.807, 2.05) is 69.2 Å². The molecule has 0 aliphatic heterocycles. The van der Waals surface area contributed by atoms with E-state index in [2.05, 4.69) is 0 Å². The third-order valence-electron chi connectivity index (χ3n) is 5.38. The molecule has 0 unspecified atom stereocenters. The number of carbonyl (C=O) groups excluding carboxylic acids is 2. The topological polar surface area (TPSA) is 52.6 Å². The van der Waals surface area contributed by atoms with Gasteiger partial charge in [0.25, 0.3) is 0 Å². The maximum Gasteiger partial charge on any atom is 0.313 e. The largest absolute Gasteiger partial charge is 0.465 e. The van der Waals surface area contributed by atoms with Crippen molar-refractivity contribution < 1.29 is 19.1 Å². The van der Waals surface area contributed by atoms with Gasteiger partial charge in [0.2, 0.25) is 0 Å². The van der Waals surface area contributed by atoms with E-state index in [0.717, 1.165) is 0 Å². The summed E-state index contributed by atoms with van der Waals surface area (Å²) >= 11 is 0. The van der Waals surface area contributed by atoms with Gasteiger partial charge in [-0.05, 0) is 36.5 Å². The van der Waals surface area contributed by atoms with Crippen LogP contribution in [0.1, 0.15) is 94.9 Å². The van der Waals surface area contributed by atoms with Crippen molar-refractivity contribution in [3.8, 4) is 0 Å². The minimum Gasteiger partial charge on any atom is -0.465 e. The van der Waals surface area contributed by atoms with Crippen LogP contribution >= 0.6 is 0 Å². The minimum atomic E-state index is -0.864. The summed E-state index contributed by atoms with van der Waals surface area (Å²) in [5.41, 5.74) is -1.96. The van der Waals surface area contributed by atoms with Crippen LogP contribution in [-0.2, 0) is 19.1 Å². The van der Waals surface area contributed by atoms with Crippen molar-refractivity contribution in [3.63, 3.8) is 0 Å². The maximum absolute atomic E-state index is 13.2. The lowest BCUT2D eigenvalue weighted by atomic mass is 9.57. The van der Waals surface area contributed by atoms with Gasteiger partial charge in [-0.25, -0.2) is 0 Å². The van der Waals surface area contributed by atoms with Crippen molar-refractivity contribution in [2.24, 2.45) is 21.7 Å². The summed E-state index contributed by atoms with van der Waals surface area (Å²) in [7, 11) is 0. The van der Waals surface area contributed by atoms with Crippen LogP contribution in [0.3, 0.4) is 0 Å². The number of hydrogen-bond donors (Lipinski definition) is 0. The summed E-state index contributed by atoms with van der Waals surface area (Å²) < 4.78 is 11.4. The molecule has 26 heavy (non-hydrogen) atoms. The highest BCUT2D eigenvalue weighted by atomic mass is 16.5. The van der Waals surface area contributed by atoms with Crippen LogP contribution in [0.25, 0.3) is 0 Å². The van der Waals surface area contributed by atoms with Crippen molar-refractivity contribution in [1.29, 1.82) is 0 Å². The SMILES string of the molecule is CCC(CC)(C(=O)OCC(C)(C)C)C(CC)(CC)C(=O)OCC(C)(C)C. The van der Waals surface area contributed by atoms with Crippen molar-refractivity contribution in [2.75, 3.05) is 13.2 Å². The third-order valence-corrected chi connectivity index (χ3v) is 5.38. The fourth-order valence-electron chi connectivity index (χ4n) is 3.66. The minimum absolute atomic E-state index is 0.114. The molecule has 0 atom stereocenters. The van der Waals surface area contributed by atoms with Crippen molar-refractivity contribution in [3.05, 3.63) is 0 Å². The van der Waals surface area contributed by atoms with Crippen LogP contribution in [0.2, 0.25) is 0 Å². The van der Waals surface area contributed by atoms with E-state index in [-0.39, 0.29) is 22.8 Å². The van der Waals surface area contributed by atoms with Crippen LogP contribution in [-0.4, -0.2) is 25.2 Å². The molecular formula is C22H42O4. The molecule has 0 aromatic carbocycles. The van der Waals surface area contributed by atoms with Gasteiger partial charge in [-0.15, -0.1) is 0 Å². The van der Waals surface area contributed by atoms with E-state index in [1.54, 1.807) is 0 Å². The first-order chi connectivity index (χ1) is 11.7. The molecule has 0 fully saturated rings. The van der Waals surface area contributed by atoms with Gasteiger partial charge in [-0.3, -0.25) is 9.59 Å². The zero-order valence-electron chi connectivity index (χ0n) is 18.9. The Morgan fingerprint density at radius 2 is 0.808 bits per heavy atom. The number of carbonyl (C=O) groups is 2. The Balaban J connectivity index is 5.88. The highest BCUT2D eigenvalue weighted by molar-refractivity contribution is 5.88. The lowest BCUT2D eigenvalue weighted by Crippen LogP contribution is -2.53. The Morgan fingerprint density at radius 3 is 0.962 bits per heavy atom. The van der Waals surface area contributed by atoms with Crippen LogP contribution in [0.5, 0.6) is 0 Å². The number of rotatable bonds is 9. The normalized spacial score (nSPS) is 13.5. The molecule has 4 heteroatoms. The lowest BCUT2D eigenvalue weighted by molar-refractivity contribution is -0.187. The van der Waals surface area contributed by atoms with Gasteiger partial charge in [0, 0.05) is 0 Å². The molecule has 0 saturated heterocycles. The van der Waals surface area contributed by atoms with Crippen LogP contribution in [0, 0.1) is 21.7 Å². The molecule has 0 heterocycles. The first kappa shape index (κ1) is 24.9. The summed E-state index contributed by atoms with van der Waals surface area (Å²) in [5.74, 6) is -0.539. The van der Waals surface area contributed by atoms with Crippen LogP contribution in [0.4, 0.5) is 0 Å². The smallest absolute Gasteiger partial charge is 0.313 e. The lowest BCUT2D eigenvalue weighted by Gasteiger charge is -2.46. The molecule has 0 aliphatic carbocycles. The second kappa shape index (κ2) is 9.23. The zero-order valence-corrected chi connectivity index (χ0v) is 18.9. The number of esters is 2. The Hall–Kier alpha value is -1.06. The first-order valence-electron chi connectivity index (χ1n) is 10.1. The molecular weight excluding hydrogens is 328 g/mol. The Kier molecular flexibility index (Phi) is 8.86. The fourth-order valence-corrected chi connectivity index (χ4v) is 3.66. The molecule has 0 bridgehead atoms. The van der Waals surface area contributed by atoms with Crippen LogP contribution < -0.4 is 0 Å². The van der Waals surface area contributed by atoms with E-state index >= 15 is 0 Å². The average molecular weight is 371 g/mol. The predicted molar refractivity (Wildman–Crippen MR) is 107 cm³/mol. The summed E-state index contributed by atoms with van der Waals surface area (Å²) in [4.78, 5) is 26.4. The summed E-state index contributed by atoms with van der Waals surface area (Å²) in [6, 6.07) is 0. The van der Waals surface area contributed by atoms with Crippen molar-refractivity contribution >= 4 is 11.9 Å². The van der Waals surface area contributed by atoms with Gasteiger partial charge in [0.05, 0.1) is 24.0 Å². The molecule has 154 valence electrons. The summed E-state index contributed by atoms with van der Waals surface area (Å²) in [6.07, 6.45) is 2.22. The highest BCUT2D eigenvalue weighted by Gasteiger charge is 2.58. The molecule has 0 aromatic heterocycles. The maximum atomic E-state index is 13.2. The fraction of sp³-hybridized carbons (Fsp3) is 0.909. The first-order valence-corrected chi connectivity index (χ1v) is 10.1. The summed E-state index contributed by atoms with van der Waals surface area (Å²) in [6.45, 7) is 20.8. The van der Waals surface area contributed by atoms with Gasteiger partial charge in [-0.2, -0.15) is 0 Å². The average Bonchev–Trinajstić information content (AvgIpc) is 2.54. The molecule has 0 rings (SSSR count). The molecule has 4 nitrogen and oxygen atoms in total. The number of ether oxygens (including phenoxy) is 2. The van der Waals surface area contributed by atoms with E-state index in [0.29, 0.717) is 38.9 Å². The second-order valence-corrected chi connectivity index (χ2v) is 9.85. The van der Waals surface area contributed by atoms with Crippen molar-refractivity contribution in [1.82, 2.24) is 0 Å². The van der Waals surface area contributed by atoms with Gasteiger partial charge in [-0.1, -0.05) is 69.2 Å². The van der Waals surface area contributed by atoms with Gasteiger partial charge >= 0.3 is 11.9 Å². The van der Waals surface area contributed by atoms with E-state index in [1.165, 1.54) is 0 Å². The molecule has 0 amide bonds. The van der Waals surface area contributed by atoms with E-state index < -0.39 is 10.8 Å². The standard InChI is InChI=1S/C22H42O4/c1-11-21(12-2,17(23)25-15-19(5,6)7)22(13-3,14-4)18(24)26-16-20(8,9)10/h11-16H2,1-10H3. The zero-order chi connectivity index (χ0) is 20.8. The third kappa shape index (κ3) is 5.72. The van der Waals surface area contributed by atoms with E-state index in [4.69, 9.17) is 9.47 Å². The highest BCUT2D eigenvalue weighted by Crippen LogP contribution is 2.52. The van der Waals surface area contributed by atoms with Crippen molar-refractivity contribution in [2.45, 2.75) is 94.9 Å². The predicted octanol–water partition coefficient (Wildman–Crippen LogP) is 5.78. The monoisotopic (exact) mass is 370 g/mol. The van der Waals surface area contributed by atoms with E-state index in [9.17, 15) is 9.59 Å². The van der Waals surface area contributed by atoms with Gasteiger partial charge in [0.1, 0.15) is 0 Å². The van der Waals surface area contributed by atoms with Gasteiger partial charge in [0.15, 0.2) is 0 Å². The van der Waals surface area contributed by atoms with Crippen LogP contribution in [0.15, 0.2) is 0 Å². The second-order valence-electron chi connectivity index (χ2n) is 9.85. The van der Waals surface area contributed by atoms with Gasteiger partial charge < -0.3 is 9.47 Å². The molecule has 0 radical (unpaired) electrons. The molecule has 0 aliphatic rings. The Bertz CT molecular complexity index is 414. The molecule has 0 spiro atoms. The molecule has 0 aromatic rings. The molecule has 0 N–H and O–H groups in total. The summed E-state index contributed by atoms with van der Waals surface area (Å²) in [5, 5.41) is 0. The Morgan fingerprint density at radius 1 is 0.577 bits per heavy atom. The number of hydrogen-bond acceptors (Lipinski definition) is 4. The Labute approximate surface area is 161 Å². The quantitative estimate of drug-likeness (QED) is 0.483.